The van der Waals surface area contributed by atoms with Gasteiger partial charge in [-0.1, -0.05) is 25.1 Å². The molecular formula is C11H17O3P. The fraction of sp³-hybridized carbons (Fsp3) is 0.455. The molecule has 0 saturated carbocycles. The van der Waals surface area contributed by atoms with Gasteiger partial charge in [-0.2, -0.15) is 0 Å². The predicted octanol–water partition coefficient (Wildman–Crippen LogP) is 2.35. The van der Waals surface area contributed by atoms with Gasteiger partial charge in [0, 0.05) is 5.30 Å². The molecule has 4 heteroatoms. The van der Waals surface area contributed by atoms with E-state index in [0.717, 1.165) is 0 Å². The third-order valence-electron chi connectivity index (χ3n) is 2.19. The molecule has 1 rings (SSSR count). The van der Waals surface area contributed by atoms with Gasteiger partial charge in [-0.05, 0) is 25.5 Å². The van der Waals surface area contributed by atoms with Crippen LogP contribution in [0.5, 0.6) is 0 Å². The summed E-state index contributed by atoms with van der Waals surface area (Å²) in [7, 11) is -3.11. The molecule has 1 aromatic rings. The minimum absolute atomic E-state index is 0.337. The topological polar surface area (TPSA) is 46.5 Å². The molecule has 2 atom stereocenters. The highest BCUT2D eigenvalue weighted by Crippen LogP contribution is 2.50. The molecule has 0 amide bonds. The Bertz CT molecular complexity index is 337. The van der Waals surface area contributed by atoms with Gasteiger partial charge in [-0.15, -0.1) is 0 Å². The van der Waals surface area contributed by atoms with Crippen LogP contribution in [0.2, 0.25) is 0 Å². The van der Waals surface area contributed by atoms with Gasteiger partial charge in [0.15, 0.2) is 0 Å². The summed E-state index contributed by atoms with van der Waals surface area (Å²) in [6, 6.07) is 8.90. The molecule has 1 unspecified atom stereocenters. The van der Waals surface area contributed by atoms with Crippen LogP contribution >= 0.6 is 7.37 Å². The molecular weight excluding hydrogens is 211 g/mol. The summed E-state index contributed by atoms with van der Waals surface area (Å²) in [5, 5.41) is 10.4. The lowest BCUT2D eigenvalue weighted by Crippen LogP contribution is -2.18. The molecule has 84 valence electrons. The van der Waals surface area contributed by atoms with Gasteiger partial charge in [-0.25, -0.2) is 0 Å². The van der Waals surface area contributed by atoms with E-state index >= 15 is 0 Å². The van der Waals surface area contributed by atoms with Crippen LogP contribution in [0.15, 0.2) is 30.3 Å². The van der Waals surface area contributed by atoms with Crippen molar-refractivity contribution < 1.29 is 14.2 Å². The molecule has 3 nitrogen and oxygen atoms in total. The van der Waals surface area contributed by atoms with E-state index in [4.69, 9.17) is 4.52 Å². The lowest BCUT2D eigenvalue weighted by molar-refractivity contribution is 0.211. The van der Waals surface area contributed by atoms with Gasteiger partial charge in [0.05, 0.1) is 6.61 Å². The summed E-state index contributed by atoms with van der Waals surface area (Å²) in [5.74, 6) is -0.917. The van der Waals surface area contributed by atoms with Crippen molar-refractivity contribution in [3.05, 3.63) is 30.3 Å². The molecule has 0 saturated heterocycles. The lowest BCUT2D eigenvalue weighted by Gasteiger charge is -2.22. The highest BCUT2D eigenvalue weighted by atomic mass is 31.2. The third-order valence-corrected chi connectivity index (χ3v) is 5.00. The third kappa shape index (κ3) is 2.69. The monoisotopic (exact) mass is 228 g/mol. The normalized spacial score (nSPS) is 17.0. The Morgan fingerprint density at radius 2 is 1.93 bits per heavy atom. The number of benzene rings is 1. The SMILES string of the molecule is CCOP(=O)(c1ccccc1)[C@@H](O)CC. The van der Waals surface area contributed by atoms with E-state index in [1.807, 2.05) is 6.07 Å². The number of aliphatic hydroxyl groups excluding tert-OH is 1. The number of rotatable bonds is 5. The molecule has 15 heavy (non-hydrogen) atoms. The smallest absolute Gasteiger partial charge is 0.259 e. The zero-order valence-electron chi connectivity index (χ0n) is 9.09. The van der Waals surface area contributed by atoms with Crippen molar-refractivity contribution in [3.8, 4) is 0 Å². The van der Waals surface area contributed by atoms with Crippen molar-refractivity contribution in [1.29, 1.82) is 0 Å². The Balaban J connectivity index is 3.07. The van der Waals surface area contributed by atoms with E-state index in [1.165, 1.54) is 0 Å². The minimum atomic E-state index is -3.11. The Hall–Kier alpha value is -0.630. The first kappa shape index (κ1) is 12.4. The van der Waals surface area contributed by atoms with Crippen LogP contribution in [0.3, 0.4) is 0 Å². The summed E-state index contributed by atoms with van der Waals surface area (Å²) in [6.07, 6.45) is 0.423. The van der Waals surface area contributed by atoms with Crippen LogP contribution in [0.25, 0.3) is 0 Å². The molecule has 0 aromatic heterocycles. The largest absolute Gasteiger partial charge is 0.383 e. The number of hydrogen-bond acceptors (Lipinski definition) is 3. The van der Waals surface area contributed by atoms with Crippen molar-refractivity contribution >= 4 is 12.7 Å². The first-order valence-electron chi connectivity index (χ1n) is 5.13. The van der Waals surface area contributed by atoms with Crippen LogP contribution in [0, 0.1) is 0 Å². The highest BCUT2D eigenvalue weighted by Gasteiger charge is 2.33. The van der Waals surface area contributed by atoms with Crippen molar-refractivity contribution in [3.63, 3.8) is 0 Å². The summed E-state index contributed by atoms with van der Waals surface area (Å²) in [4.78, 5) is 0. The van der Waals surface area contributed by atoms with Crippen LogP contribution in [-0.4, -0.2) is 17.6 Å². The first-order chi connectivity index (χ1) is 7.15. The Morgan fingerprint density at radius 3 is 2.40 bits per heavy atom. The Labute approximate surface area is 90.5 Å². The minimum Gasteiger partial charge on any atom is -0.383 e. The summed E-state index contributed by atoms with van der Waals surface area (Å²) in [5.41, 5.74) is 0. The molecule has 0 fully saturated rings. The maximum Gasteiger partial charge on any atom is 0.259 e. The average molecular weight is 228 g/mol. The van der Waals surface area contributed by atoms with Gasteiger partial charge in [0.2, 0.25) is 0 Å². The maximum atomic E-state index is 12.5. The molecule has 0 heterocycles. The molecule has 0 aliphatic rings. The molecule has 0 aliphatic heterocycles. The predicted molar refractivity (Wildman–Crippen MR) is 61.6 cm³/mol. The van der Waals surface area contributed by atoms with Gasteiger partial charge >= 0.3 is 0 Å². The molecule has 0 aliphatic carbocycles. The molecule has 1 N–H and O–H groups in total. The highest BCUT2D eigenvalue weighted by molar-refractivity contribution is 7.67. The summed E-state index contributed by atoms with van der Waals surface area (Å²) in [6.45, 7) is 3.90. The van der Waals surface area contributed by atoms with Crippen LogP contribution in [0.1, 0.15) is 20.3 Å². The zero-order chi connectivity index (χ0) is 11.3. The lowest BCUT2D eigenvalue weighted by atomic mass is 10.4. The van der Waals surface area contributed by atoms with E-state index in [-0.39, 0.29) is 0 Å². The van der Waals surface area contributed by atoms with E-state index in [2.05, 4.69) is 0 Å². The number of aliphatic hydroxyl groups is 1. The van der Waals surface area contributed by atoms with Gasteiger partial charge in [-0.3, -0.25) is 4.57 Å². The maximum absolute atomic E-state index is 12.5. The van der Waals surface area contributed by atoms with Gasteiger partial charge in [0.1, 0.15) is 5.85 Å². The summed E-state index contributed by atoms with van der Waals surface area (Å²) < 4.78 is 17.7. The van der Waals surface area contributed by atoms with E-state index in [0.29, 0.717) is 18.3 Å². The fourth-order valence-electron chi connectivity index (χ4n) is 1.40. The fourth-order valence-corrected chi connectivity index (χ4v) is 3.52. The van der Waals surface area contributed by atoms with Crippen molar-refractivity contribution in [2.45, 2.75) is 26.1 Å². The zero-order valence-corrected chi connectivity index (χ0v) is 9.98. The van der Waals surface area contributed by atoms with E-state index < -0.39 is 13.2 Å². The second-order valence-electron chi connectivity index (χ2n) is 3.24. The Kier molecular flexibility index (Phi) is 4.52. The molecule has 0 radical (unpaired) electrons. The Morgan fingerprint density at radius 1 is 1.33 bits per heavy atom. The van der Waals surface area contributed by atoms with Crippen LogP contribution in [-0.2, 0) is 9.09 Å². The van der Waals surface area contributed by atoms with Crippen molar-refractivity contribution in [1.82, 2.24) is 0 Å². The van der Waals surface area contributed by atoms with Crippen LogP contribution < -0.4 is 5.30 Å². The second-order valence-corrected chi connectivity index (χ2v) is 5.80. The molecule has 0 bridgehead atoms. The second kappa shape index (κ2) is 5.45. The summed E-state index contributed by atoms with van der Waals surface area (Å²) >= 11 is 0. The molecule has 1 aromatic carbocycles. The van der Waals surface area contributed by atoms with Crippen molar-refractivity contribution in [2.75, 3.05) is 6.61 Å². The van der Waals surface area contributed by atoms with Crippen LogP contribution in [0.4, 0.5) is 0 Å². The average Bonchev–Trinajstić information content (AvgIpc) is 2.29. The van der Waals surface area contributed by atoms with E-state index in [9.17, 15) is 9.67 Å². The quantitative estimate of drug-likeness (QED) is 0.787. The first-order valence-corrected chi connectivity index (χ1v) is 6.82. The molecule has 0 spiro atoms. The van der Waals surface area contributed by atoms with Crippen molar-refractivity contribution in [2.24, 2.45) is 0 Å². The van der Waals surface area contributed by atoms with E-state index in [1.54, 1.807) is 38.1 Å². The van der Waals surface area contributed by atoms with Gasteiger partial charge in [0.25, 0.3) is 7.37 Å². The van der Waals surface area contributed by atoms with Gasteiger partial charge < -0.3 is 9.63 Å². The number of hydrogen-bond donors (Lipinski definition) is 1. The standard InChI is InChI=1S/C11H17O3P/c1-3-11(12)15(13,14-4-2)10-8-6-5-7-9-10/h5-9,11-12H,3-4H2,1-2H3/t11-,15?/m1/s1.